The molecule has 9 heteroatoms. The first kappa shape index (κ1) is 22.6. The van der Waals surface area contributed by atoms with Gasteiger partial charge in [0.2, 0.25) is 5.91 Å². The molecule has 0 bridgehead atoms. The van der Waals surface area contributed by atoms with Crippen LogP contribution in [0.1, 0.15) is 6.92 Å². The number of hydrogen-bond acceptors (Lipinski definition) is 6. The highest BCUT2D eigenvalue weighted by Gasteiger charge is 2.29. The van der Waals surface area contributed by atoms with Crippen molar-refractivity contribution in [2.75, 3.05) is 29.0 Å². The summed E-state index contributed by atoms with van der Waals surface area (Å²) in [7, 11) is -4.04. The fourth-order valence-electron chi connectivity index (χ4n) is 2.88. The molecular formula is C22H23N3O4S2. The van der Waals surface area contributed by atoms with Gasteiger partial charge in [0.05, 0.1) is 29.1 Å². The Morgan fingerprint density at radius 2 is 1.84 bits per heavy atom. The lowest BCUT2D eigenvalue weighted by Gasteiger charge is -2.26. The van der Waals surface area contributed by atoms with Crippen molar-refractivity contribution in [3.63, 3.8) is 0 Å². The average Bonchev–Trinajstić information content (AvgIpc) is 2.79. The van der Waals surface area contributed by atoms with Crippen LogP contribution in [0.3, 0.4) is 0 Å². The molecule has 0 atom stereocenters. The van der Waals surface area contributed by atoms with Crippen molar-refractivity contribution in [1.29, 1.82) is 0 Å². The Bertz CT molecular complexity index is 1120. The number of nitrogens with zero attached hydrogens (tertiary/aromatic N) is 2. The lowest BCUT2D eigenvalue weighted by molar-refractivity contribution is -0.114. The number of ether oxygens (including phenoxy) is 1. The molecule has 0 saturated heterocycles. The van der Waals surface area contributed by atoms with Gasteiger partial charge >= 0.3 is 0 Å². The van der Waals surface area contributed by atoms with Crippen LogP contribution in [-0.4, -0.2) is 38.7 Å². The van der Waals surface area contributed by atoms with Crippen molar-refractivity contribution in [3.8, 4) is 5.75 Å². The Labute approximate surface area is 186 Å². The van der Waals surface area contributed by atoms with E-state index in [1.54, 1.807) is 54.7 Å². The quantitative estimate of drug-likeness (QED) is 0.488. The highest BCUT2D eigenvalue weighted by molar-refractivity contribution is 7.98. The smallest absolute Gasteiger partial charge is 0.264 e. The lowest BCUT2D eigenvalue weighted by atomic mass is 10.3. The van der Waals surface area contributed by atoms with Gasteiger partial charge in [-0.1, -0.05) is 12.1 Å². The van der Waals surface area contributed by atoms with Gasteiger partial charge in [0, 0.05) is 11.1 Å². The Balaban J connectivity index is 2.00. The molecule has 3 rings (SSSR count). The third-order valence-corrected chi connectivity index (χ3v) is 6.83. The number of para-hydroxylation sites is 2. The van der Waals surface area contributed by atoms with Crippen LogP contribution in [0.15, 0.2) is 82.8 Å². The van der Waals surface area contributed by atoms with Gasteiger partial charge in [-0.25, -0.2) is 8.42 Å². The van der Waals surface area contributed by atoms with Crippen molar-refractivity contribution < 1.29 is 17.9 Å². The number of carbonyl (C=O) groups excluding carboxylic acids is 1. The predicted octanol–water partition coefficient (Wildman–Crippen LogP) is 4.04. The van der Waals surface area contributed by atoms with Crippen LogP contribution in [0, 0.1) is 0 Å². The van der Waals surface area contributed by atoms with Crippen molar-refractivity contribution >= 4 is 39.1 Å². The number of benzene rings is 2. The third-order valence-electron chi connectivity index (χ3n) is 4.31. The first-order valence-electron chi connectivity index (χ1n) is 9.54. The fraction of sp³-hybridized carbons (Fsp3) is 0.182. The van der Waals surface area contributed by atoms with E-state index in [0.29, 0.717) is 23.7 Å². The summed E-state index contributed by atoms with van der Waals surface area (Å²) in [6, 6.07) is 16.7. The topological polar surface area (TPSA) is 88.6 Å². The molecule has 1 aromatic heterocycles. The summed E-state index contributed by atoms with van der Waals surface area (Å²) in [6.45, 7) is 1.74. The fourth-order valence-corrected chi connectivity index (χ4v) is 4.72. The number of anilines is 2. The number of rotatable bonds is 9. The molecule has 1 N–H and O–H groups in total. The number of amides is 1. The average molecular weight is 458 g/mol. The van der Waals surface area contributed by atoms with Crippen LogP contribution in [0.5, 0.6) is 5.75 Å². The van der Waals surface area contributed by atoms with E-state index >= 15 is 0 Å². The third kappa shape index (κ3) is 5.56. The van der Waals surface area contributed by atoms with Crippen molar-refractivity contribution in [2.45, 2.75) is 16.7 Å². The number of nitrogens with one attached hydrogen (secondary N) is 1. The number of thioether (sulfide) groups is 1. The standard InChI is InChI=1S/C22H23N3O4S2/c1-3-29-21-9-5-4-8-20(21)25(16-22(26)24-17-7-6-14-23-15-17)31(27,28)19-12-10-18(30-2)11-13-19/h4-15H,3,16H2,1-2H3,(H,24,26). The van der Waals surface area contributed by atoms with Crippen molar-refractivity contribution in [3.05, 3.63) is 73.1 Å². The number of aromatic nitrogens is 1. The molecule has 0 spiro atoms. The molecule has 3 aromatic rings. The maximum Gasteiger partial charge on any atom is 0.264 e. The summed E-state index contributed by atoms with van der Waals surface area (Å²) in [6.07, 6.45) is 4.99. The number of hydrogen-bond donors (Lipinski definition) is 1. The highest BCUT2D eigenvalue weighted by Crippen LogP contribution is 2.33. The zero-order chi connectivity index (χ0) is 22.3. The first-order chi connectivity index (χ1) is 15.0. The number of pyridine rings is 1. The van der Waals surface area contributed by atoms with Crippen LogP contribution >= 0.6 is 11.8 Å². The summed E-state index contributed by atoms with van der Waals surface area (Å²) in [5.74, 6) is -0.118. The summed E-state index contributed by atoms with van der Waals surface area (Å²) in [5, 5.41) is 2.68. The minimum absolute atomic E-state index is 0.0887. The maximum atomic E-state index is 13.5. The van der Waals surface area contributed by atoms with Gasteiger partial charge in [-0.15, -0.1) is 11.8 Å². The van der Waals surface area contributed by atoms with E-state index in [1.807, 2.05) is 13.2 Å². The molecule has 0 aliphatic rings. The zero-order valence-electron chi connectivity index (χ0n) is 17.2. The minimum atomic E-state index is -4.04. The molecule has 1 amide bonds. The Morgan fingerprint density at radius 3 is 2.48 bits per heavy atom. The molecular weight excluding hydrogens is 434 g/mol. The van der Waals surface area contributed by atoms with Crippen LogP contribution < -0.4 is 14.4 Å². The second kappa shape index (κ2) is 10.3. The van der Waals surface area contributed by atoms with E-state index in [-0.39, 0.29) is 4.90 Å². The number of sulfonamides is 1. The highest BCUT2D eigenvalue weighted by atomic mass is 32.2. The van der Waals surface area contributed by atoms with Gasteiger partial charge in [0.15, 0.2) is 0 Å². The van der Waals surface area contributed by atoms with Crippen molar-refractivity contribution in [2.24, 2.45) is 0 Å². The monoisotopic (exact) mass is 457 g/mol. The maximum absolute atomic E-state index is 13.5. The van der Waals surface area contributed by atoms with Gasteiger partial charge in [-0.2, -0.15) is 0 Å². The molecule has 1 heterocycles. The van der Waals surface area contributed by atoms with Gasteiger partial charge in [-0.3, -0.25) is 14.1 Å². The van der Waals surface area contributed by atoms with E-state index in [1.165, 1.54) is 30.1 Å². The van der Waals surface area contributed by atoms with Crippen LogP contribution in [0.2, 0.25) is 0 Å². The molecule has 0 radical (unpaired) electrons. The molecule has 0 fully saturated rings. The molecule has 0 saturated carbocycles. The summed E-state index contributed by atoms with van der Waals surface area (Å²) in [5.41, 5.74) is 0.770. The second-order valence-corrected chi connectivity index (χ2v) is 9.12. The van der Waals surface area contributed by atoms with Gasteiger partial charge in [0.1, 0.15) is 12.3 Å². The Hall–Kier alpha value is -3.04. The normalized spacial score (nSPS) is 11.0. The van der Waals surface area contributed by atoms with Gasteiger partial charge in [-0.05, 0) is 61.7 Å². The van der Waals surface area contributed by atoms with E-state index in [4.69, 9.17) is 4.74 Å². The van der Waals surface area contributed by atoms with Crippen LogP contribution in [-0.2, 0) is 14.8 Å². The Kier molecular flexibility index (Phi) is 7.54. The minimum Gasteiger partial charge on any atom is -0.492 e. The molecule has 0 aliphatic carbocycles. The molecule has 162 valence electrons. The Morgan fingerprint density at radius 1 is 1.10 bits per heavy atom. The van der Waals surface area contributed by atoms with E-state index in [0.717, 1.165) is 9.20 Å². The van der Waals surface area contributed by atoms with Gasteiger partial charge in [0.25, 0.3) is 10.0 Å². The molecule has 0 unspecified atom stereocenters. The van der Waals surface area contributed by atoms with Crippen LogP contribution in [0.4, 0.5) is 11.4 Å². The van der Waals surface area contributed by atoms with E-state index in [9.17, 15) is 13.2 Å². The van der Waals surface area contributed by atoms with Crippen molar-refractivity contribution in [1.82, 2.24) is 4.98 Å². The van der Waals surface area contributed by atoms with E-state index in [2.05, 4.69) is 10.3 Å². The number of carbonyl (C=O) groups is 1. The van der Waals surface area contributed by atoms with Crippen LogP contribution in [0.25, 0.3) is 0 Å². The molecule has 2 aromatic carbocycles. The van der Waals surface area contributed by atoms with E-state index < -0.39 is 22.5 Å². The molecule has 7 nitrogen and oxygen atoms in total. The summed E-state index contributed by atoms with van der Waals surface area (Å²) in [4.78, 5) is 17.7. The molecule has 31 heavy (non-hydrogen) atoms. The predicted molar refractivity (Wildman–Crippen MR) is 123 cm³/mol. The SMILES string of the molecule is CCOc1ccccc1N(CC(=O)Nc1cccnc1)S(=O)(=O)c1ccc(SC)cc1. The summed E-state index contributed by atoms with van der Waals surface area (Å²) < 4.78 is 33.8. The zero-order valence-corrected chi connectivity index (χ0v) is 18.8. The largest absolute Gasteiger partial charge is 0.492 e. The van der Waals surface area contributed by atoms with Gasteiger partial charge < -0.3 is 10.1 Å². The molecule has 0 aliphatic heterocycles. The lowest BCUT2D eigenvalue weighted by Crippen LogP contribution is -2.38. The second-order valence-electron chi connectivity index (χ2n) is 6.38. The summed E-state index contributed by atoms with van der Waals surface area (Å²) >= 11 is 1.52. The first-order valence-corrected chi connectivity index (χ1v) is 12.2.